The van der Waals surface area contributed by atoms with Gasteiger partial charge in [-0.25, -0.2) is 9.67 Å². The second-order valence-corrected chi connectivity index (χ2v) is 11.1. The van der Waals surface area contributed by atoms with Crippen molar-refractivity contribution in [2.24, 2.45) is 0 Å². The van der Waals surface area contributed by atoms with E-state index in [1.165, 1.54) is 11.8 Å². The molecule has 0 fully saturated rings. The Hall–Kier alpha value is -5.88. The summed E-state index contributed by atoms with van der Waals surface area (Å²) in [5, 5.41) is 34.1. The van der Waals surface area contributed by atoms with Crippen molar-refractivity contribution in [3.05, 3.63) is 149 Å². The van der Waals surface area contributed by atoms with Crippen LogP contribution in [0.15, 0.2) is 138 Å². The number of hydrogen-bond acceptors (Lipinski definition) is 9. The second-order valence-electron chi connectivity index (χ2n) is 10.1. The molecule has 3 heterocycles. The Morgan fingerprint density at radius 1 is 0.822 bits per heavy atom. The van der Waals surface area contributed by atoms with Crippen LogP contribution in [-0.2, 0) is 6.54 Å². The third-order valence-corrected chi connectivity index (χ3v) is 8.25. The van der Waals surface area contributed by atoms with Crippen molar-refractivity contribution in [3.63, 3.8) is 0 Å². The number of hydrogen-bond donors (Lipinski definition) is 1. The van der Waals surface area contributed by atoms with Gasteiger partial charge in [0.15, 0.2) is 11.0 Å². The number of nitro benzene ring substituents is 1. The molecule has 3 aromatic heterocycles. The molecule has 0 aliphatic carbocycles. The van der Waals surface area contributed by atoms with Gasteiger partial charge >= 0.3 is 0 Å². The zero-order valence-corrected chi connectivity index (χ0v) is 24.5. The molecule has 45 heavy (non-hydrogen) atoms. The first-order valence-corrected chi connectivity index (χ1v) is 14.9. The van der Waals surface area contributed by atoms with Gasteiger partial charge in [-0.15, -0.1) is 15.3 Å². The molecule has 4 aromatic carbocycles. The van der Waals surface area contributed by atoms with Crippen molar-refractivity contribution in [1.82, 2.24) is 34.7 Å². The second kappa shape index (κ2) is 12.4. The van der Waals surface area contributed by atoms with Crippen molar-refractivity contribution in [2.75, 3.05) is 5.32 Å². The topological polar surface area (TPSA) is 129 Å². The van der Waals surface area contributed by atoms with Gasteiger partial charge in [0.05, 0.1) is 21.9 Å². The Morgan fingerprint density at radius 2 is 1.58 bits per heavy atom. The molecule has 11 nitrogen and oxygen atoms in total. The minimum atomic E-state index is -0.628. The predicted octanol–water partition coefficient (Wildman–Crippen LogP) is 6.85. The largest absolute Gasteiger partial charge is 0.345 e. The molecule has 0 amide bonds. The first-order chi connectivity index (χ1) is 22.1. The maximum Gasteiger partial charge on any atom is 0.283 e. The summed E-state index contributed by atoms with van der Waals surface area (Å²) >= 11 is 1.21. The number of rotatable bonds is 10. The summed E-state index contributed by atoms with van der Waals surface area (Å²) in [6, 6.07) is 38.0. The standard InChI is InChI=1S/C33H25N9O2S/c43-42(44)28-21-25(31(35-30-17-9-10-20-34-30)41-27-16-8-7-15-26(27)36-39-41)18-19-29(28)45-33-38-37-32(24-13-5-2-6-14-24)40(33)22-23-11-3-1-4-12-23/h1-21,31H,22H2,(H,34,35)/t31-/m0/s1. The molecule has 12 heteroatoms. The normalized spacial score (nSPS) is 11.8. The molecule has 220 valence electrons. The highest BCUT2D eigenvalue weighted by Crippen LogP contribution is 2.38. The average Bonchev–Trinajstić information content (AvgIpc) is 3.69. The summed E-state index contributed by atoms with van der Waals surface area (Å²) in [6.07, 6.45) is 1.05. The Labute approximate surface area is 261 Å². The van der Waals surface area contributed by atoms with E-state index in [1.807, 2.05) is 114 Å². The predicted molar refractivity (Wildman–Crippen MR) is 172 cm³/mol. The smallest absolute Gasteiger partial charge is 0.283 e. The lowest BCUT2D eigenvalue weighted by Crippen LogP contribution is -2.21. The van der Waals surface area contributed by atoms with Crippen LogP contribution in [0.4, 0.5) is 11.5 Å². The number of pyridine rings is 1. The fraction of sp³-hybridized carbons (Fsp3) is 0.0606. The molecule has 0 saturated carbocycles. The molecule has 0 unspecified atom stereocenters. The minimum Gasteiger partial charge on any atom is -0.345 e. The Morgan fingerprint density at radius 3 is 2.36 bits per heavy atom. The van der Waals surface area contributed by atoms with Crippen LogP contribution in [-0.4, -0.2) is 39.7 Å². The molecule has 0 radical (unpaired) electrons. The van der Waals surface area contributed by atoms with E-state index in [-0.39, 0.29) is 10.6 Å². The summed E-state index contributed by atoms with van der Waals surface area (Å²) < 4.78 is 3.69. The van der Waals surface area contributed by atoms with Gasteiger partial charge < -0.3 is 5.32 Å². The lowest BCUT2D eigenvalue weighted by molar-refractivity contribution is -0.387. The van der Waals surface area contributed by atoms with Crippen LogP contribution in [0.3, 0.4) is 0 Å². The highest BCUT2D eigenvalue weighted by molar-refractivity contribution is 7.99. The zero-order valence-electron chi connectivity index (χ0n) is 23.7. The van der Waals surface area contributed by atoms with E-state index in [1.54, 1.807) is 23.0 Å². The number of para-hydroxylation sites is 1. The number of benzene rings is 4. The first kappa shape index (κ1) is 27.9. The van der Waals surface area contributed by atoms with Crippen molar-refractivity contribution in [3.8, 4) is 11.4 Å². The first-order valence-electron chi connectivity index (χ1n) is 14.1. The molecule has 0 saturated heterocycles. The quantitative estimate of drug-likeness (QED) is 0.130. The molecule has 0 aliphatic heterocycles. The van der Waals surface area contributed by atoms with E-state index in [0.717, 1.165) is 16.6 Å². The van der Waals surface area contributed by atoms with Gasteiger partial charge in [-0.3, -0.25) is 14.7 Å². The Bertz CT molecular complexity index is 2080. The molecule has 7 aromatic rings. The maximum atomic E-state index is 12.5. The minimum absolute atomic E-state index is 0.0646. The third kappa shape index (κ3) is 5.86. The van der Waals surface area contributed by atoms with Crippen molar-refractivity contribution >= 4 is 34.3 Å². The van der Waals surface area contributed by atoms with Crippen LogP contribution in [0.1, 0.15) is 17.3 Å². The summed E-state index contributed by atoms with van der Waals surface area (Å²) in [5.74, 6) is 1.27. The number of anilines is 1. The number of nitro groups is 1. The van der Waals surface area contributed by atoms with E-state index >= 15 is 0 Å². The van der Waals surface area contributed by atoms with Gasteiger partial charge in [0, 0.05) is 23.4 Å². The maximum absolute atomic E-state index is 12.5. The van der Waals surface area contributed by atoms with Gasteiger partial charge in [-0.2, -0.15) is 0 Å². The molecule has 0 aliphatic rings. The summed E-state index contributed by atoms with van der Waals surface area (Å²) in [7, 11) is 0. The van der Waals surface area contributed by atoms with E-state index in [9.17, 15) is 10.1 Å². The van der Waals surface area contributed by atoms with E-state index in [4.69, 9.17) is 0 Å². The molecule has 7 rings (SSSR count). The van der Waals surface area contributed by atoms with Crippen LogP contribution in [0, 0.1) is 10.1 Å². The Balaban J connectivity index is 1.29. The fourth-order valence-corrected chi connectivity index (χ4v) is 5.97. The summed E-state index contributed by atoms with van der Waals surface area (Å²) in [5.41, 5.74) is 3.99. The highest BCUT2D eigenvalue weighted by atomic mass is 32.2. The van der Waals surface area contributed by atoms with Crippen molar-refractivity contribution < 1.29 is 4.92 Å². The highest BCUT2D eigenvalue weighted by Gasteiger charge is 2.25. The van der Waals surface area contributed by atoms with Crippen molar-refractivity contribution in [1.29, 1.82) is 0 Å². The third-order valence-electron chi connectivity index (χ3n) is 7.20. The van der Waals surface area contributed by atoms with Gasteiger partial charge in [-0.1, -0.05) is 90.1 Å². The van der Waals surface area contributed by atoms with E-state index in [0.29, 0.717) is 39.3 Å². The van der Waals surface area contributed by atoms with Gasteiger partial charge in [0.25, 0.3) is 5.69 Å². The number of aromatic nitrogens is 7. The lowest BCUT2D eigenvalue weighted by Gasteiger charge is -2.21. The number of nitrogens with zero attached hydrogens (tertiary/aromatic N) is 8. The van der Waals surface area contributed by atoms with E-state index in [2.05, 4.69) is 30.8 Å². The molecule has 1 N–H and O–H groups in total. The summed E-state index contributed by atoms with van der Waals surface area (Å²) in [4.78, 5) is 17.0. The van der Waals surface area contributed by atoms with Crippen LogP contribution in [0.2, 0.25) is 0 Å². The molecule has 0 spiro atoms. The van der Waals surface area contributed by atoms with Crippen molar-refractivity contribution in [2.45, 2.75) is 22.8 Å². The van der Waals surface area contributed by atoms with Crippen LogP contribution < -0.4 is 5.32 Å². The molecule has 0 bridgehead atoms. The fourth-order valence-electron chi connectivity index (χ4n) is 5.06. The van der Waals surface area contributed by atoms with Crippen LogP contribution in [0.25, 0.3) is 22.4 Å². The molecular formula is C33H25N9O2S. The van der Waals surface area contributed by atoms with Crippen LogP contribution >= 0.6 is 11.8 Å². The average molecular weight is 612 g/mol. The van der Waals surface area contributed by atoms with E-state index < -0.39 is 6.17 Å². The number of fused-ring (bicyclic) bond motifs is 1. The van der Waals surface area contributed by atoms with Crippen LogP contribution in [0.5, 0.6) is 0 Å². The zero-order chi connectivity index (χ0) is 30.6. The Kier molecular flexibility index (Phi) is 7.69. The van der Waals surface area contributed by atoms with Gasteiger partial charge in [0.2, 0.25) is 0 Å². The monoisotopic (exact) mass is 611 g/mol. The lowest BCUT2D eigenvalue weighted by atomic mass is 10.1. The van der Waals surface area contributed by atoms with Gasteiger partial charge in [-0.05, 0) is 47.7 Å². The van der Waals surface area contributed by atoms with Gasteiger partial charge in [0.1, 0.15) is 17.5 Å². The molecular weight excluding hydrogens is 586 g/mol. The number of nitrogens with one attached hydrogen (secondary N) is 1. The summed E-state index contributed by atoms with van der Waals surface area (Å²) in [6.45, 7) is 0.502. The SMILES string of the molecule is O=[N+]([O-])c1cc([C@@H](Nc2ccccn2)n2nnc3ccccc32)ccc1Sc1nnc(-c2ccccc2)n1Cc1ccccc1. The molecule has 1 atom stereocenters.